The zero-order chi connectivity index (χ0) is 19.7. The van der Waals surface area contributed by atoms with Gasteiger partial charge in [0, 0.05) is 25.0 Å². The van der Waals surface area contributed by atoms with Crippen LogP contribution in [0.25, 0.3) is 5.65 Å². The second-order valence-corrected chi connectivity index (χ2v) is 7.70. The van der Waals surface area contributed by atoms with Crippen LogP contribution in [0.2, 0.25) is 0 Å². The SMILES string of the molecule is O=C(NC1CCCC(C(F)(F)F)C1)C1CCN(c2ccc3nncn3n2)CC1. The lowest BCUT2D eigenvalue weighted by molar-refractivity contribution is -0.184. The van der Waals surface area contributed by atoms with Crippen LogP contribution in [-0.4, -0.2) is 51.0 Å². The van der Waals surface area contributed by atoms with Crippen molar-refractivity contribution in [2.75, 3.05) is 18.0 Å². The van der Waals surface area contributed by atoms with Gasteiger partial charge in [-0.1, -0.05) is 6.42 Å². The van der Waals surface area contributed by atoms with Crippen LogP contribution in [0, 0.1) is 11.8 Å². The van der Waals surface area contributed by atoms with Gasteiger partial charge in [0.2, 0.25) is 5.91 Å². The Kier molecular flexibility index (Phi) is 5.11. The number of aromatic nitrogens is 4. The number of piperidine rings is 1. The highest BCUT2D eigenvalue weighted by molar-refractivity contribution is 5.79. The first kappa shape index (κ1) is 18.9. The highest BCUT2D eigenvalue weighted by Gasteiger charge is 2.42. The summed E-state index contributed by atoms with van der Waals surface area (Å²) in [6.07, 6.45) is -0.0306. The van der Waals surface area contributed by atoms with Crippen molar-refractivity contribution >= 4 is 17.4 Å². The van der Waals surface area contributed by atoms with Gasteiger partial charge in [-0.3, -0.25) is 4.79 Å². The van der Waals surface area contributed by atoms with Crippen LogP contribution in [0.4, 0.5) is 19.0 Å². The molecule has 0 bridgehead atoms. The monoisotopic (exact) mass is 396 g/mol. The summed E-state index contributed by atoms with van der Waals surface area (Å²) in [6.45, 7) is 1.35. The lowest BCUT2D eigenvalue weighted by Gasteiger charge is -2.34. The number of carbonyl (C=O) groups excluding carboxylic acids is 1. The smallest absolute Gasteiger partial charge is 0.355 e. The van der Waals surface area contributed by atoms with E-state index in [1.54, 1.807) is 4.52 Å². The number of hydrogen-bond acceptors (Lipinski definition) is 5. The number of rotatable bonds is 3. The van der Waals surface area contributed by atoms with Gasteiger partial charge in [0.05, 0.1) is 5.92 Å². The lowest BCUT2D eigenvalue weighted by atomic mass is 9.84. The number of nitrogens with zero attached hydrogens (tertiary/aromatic N) is 5. The average Bonchev–Trinajstić information content (AvgIpc) is 3.15. The number of anilines is 1. The molecule has 3 heterocycles. The number of carbonyl (C=O) groups is 1. The van der Waals surface area contributed by atoms with Crippen molar-refractivity contribution in [3.8, 4) is 0 Å². The molecule has 7 nitrogen and oxygen atoms in total. The van der Waals surface area contributed by atoms with Gasteiger partial charge in [-0.25, -0.2) is 0 Å². The van der Waals surface area contributed by atoms with Crippen molar-refractivity contribution in [3.05, 3.63) is 18.5 Å². The van der Waals surface area contributed by atoms with Gasteiger partial charge >= 0.3 is 6.18 Å². The Bertz CT molecular complexity index is 830. The van der Waals surface area contributed by atoms with Crippen LogP contribution < -0.4 is 10.2 Å². The van der Waals surface area contributed by atoms with Gasteiger partial charge in [0.15, 0.2) is 5.65 Å². The number of alkyl halides is 3. The molecule has 2 aliphatic rings. The highest BCUT2D eigenvalue weighted by Crippen LogP contribution is 2.37. The molecule has 1 saturated carbocycles. The molecule has 1 saturated heterocycles. The predicted octanol–water partition coefficient (Wildman–Crippen LogP) is 2.58. The molecular weight excluding hydrogens is 373 g/mol. The van der Waals surface area contributed by atoms with Gasteiger partial charge < -0.3 is 10.2 Å². The van der Waals surface area contributed by atoms with E-state index >= 15 is 0 Å². The lowest BCUT2D eigenvalue weighted by Crippen LogP contribution is -2.46. The fourth-order valence-corrected chi connectivity index (χ4v) is 4.20. The quantitative estimate of drug-likeness (QED) is 0.863. The number of hydrogen-bond donors (Lipinski definition) is 1. The Balaban J connectivity index is 1.30. The molecule has 28 heavy (non-hydrogen) atoms. The van der Waals surface area contributed by atoms with Crippen molar-refractivity contribution in [1.29, 1.82) is 0 Å². The van der Waals surface area contributed by atoms with Crippen LogP contribution in [-0.2, 0) is 4.79 Å². The molecule has 1 N–H and O–H groups in total. The molecular formula is C18H23F3N6O. The largest absolute Gasteiger partial charge is 0.391 e. The van der Waals surface area contributed by atoms with Gasteiger partial charge in [-0.05, 0) is 44.2 Å². The third-order valence-electron chi connectivity index (χ3n) is 5.82. The average molecular weight is 396 g/mol. The van der Waals surface area contributed by atoms with E-state index in [0.717, 1.165) is 5.82 Å². The van der Waals surface area contributed by atoms with Crippen molar-refractivity contribution in [3.63, 3.8) is 0 Å². The zero-order valence-corrected chi connectivity index (χ0v) is 15.4. The second kappa shape index (κ2) is 7.56. The van der Waals surface area contributed by atoms with Gasteiger partial charge in [-0.15, -0.1) is 15.3 Å². The molecule has 4 rings (SSSR count). The fourth-order valence-electron chi connectivity index (χ4n) is 4.20. The minimum Gasteiger partial charge on any atom is -0.355 e. The Labute approximate surface area is 160 Å². The summed E-state index contributed by atoms with van der Waals surface area (Å²) >= 11 is 0. The molecule has 0 radical (unpaired) electrons. The van der Waals surface area contributed by atoms with Crippen molar-refractivity contribution < 1.29 is 18.0 Å². The molecule has 2 atom stereocenters. The molecule has 0 aromatic carbocycles. The predicted molar refractivity (Wildman–Crippen MR) is 95.7 cm³/mol. The molecule has 1 aliphatic heterocycles. The first-order valence-electron chi connectivity index (χ1n) is 9.69. The normalized spacial score (nSPS) is 24.5. The standard InChI is InChI=1S/C18H23F3N6O/c19-18(20,21)13-2-1-3-14(10-13)23-17(28)12-6-8-26(9-7-12)16-5-4-15-24-22-11-27(15)25-16/h4-5,11-14H,1-3,6-10H2,(H,23,28). The van der Waals surface area contributed by atoms with Crippen LogP contribution in [0.1, 0.15) is 38.5 Å². The highest BCUT2D eigenvalue weighted by atomic mass is 19.4. The van der Waals surface area contributed by atoms with Crippen molar-refractivity contribution in [1.82, 2.24) is 25.1 Å². The molecule has 2 aromatic heterocycles. The van der Waals surface area contributed by atoms with E-state index in [2.05, 4.69) is 25.5 Å². The van der Waals surface area contributed by atoms with Crippen LogP contribution in [0.15, 0.2) is 18.5 Å². The summed E-state index contributed by atoms with van der Waals surface area (Å²) < 4.78 is 40.5. The molecule has 1 amide bonds. The van der Waals surface area contributed by atoms with E-state index in [-0.39, 0.29) is 30.7 Å². The maximum Gasteiger partial charge on any atom is 0.391 e. The summed E-state index contributed by atoms with van der Waals surface area (Å²) in [5, 5.41) is 15.1. The Morgan fingerprint density at radius 3 is 2.68 bits per heavy atom. The Hall–Kier alpha value is -2.39. The molecule has 152 valence electrons. The third kappa shape index (κ3) is 4.05. The third-order valence-corrected chi connectivity index (χ3v) is 5.82. The van der Waals surface area contributed by atoms with E-state index < -0.39 is 12.1 Å². The van der Waals surface area contributed by atoms with E-state index in [0.29, 0.717) is 44.4 Å². The second-order valence-electron chi connectivity index (χ2n) is 7.70. The van der Waals surface area contributed by atoms with Gasteiger partial charge in [0.25, 0.3) is 0 Å². The summed E-state index contributed by atoms with van der Waals surface area (Å²) in [4.78, 5) is 14.7. The van der Waals surface area contributed by atoms with E-state index in [9.17, 15) is 18.0 Å². The van der Waals surface area contributed by atoms with Crippen LogP contribution in [0.5, 0.6) is 0 Å². The van der Waals surface area contributed by atoms with Gasteiger partial charge in [-0.2, -0.15) is 17.7 Å². The maximum absolute atomic E-state index is 13.0. The molecule has 0 spiro atoms. The zero-order valence-electron chi connectivity index (χ0n) is 15.4. The number of halogens is 3. The topological polar surface area (TPSA) is 75.4 Å². The molecule has 2 unspecified atom stereocenters. The van der Waals surface area contributed by atoms with Crippen molar-refractivity contribution in [2.45, 2.75) is 50.7 Å². The summed E-state index contributed by atoms with van der Waals surface area (Å²) in [5.74, 6) is -0.783. The number of nitrogens with one attached hydrogen (secondary N) is 1. The first-order valence-corrected chi connectivity index (χ1v) is 9.69. The summed E-state index contributed by atoms with van der Waals surface area (Å²) in [7, 11) is 0. The van der Waals surface area contributed by atoms with Crippen LogP contribution >= 0.6 is 0 Å². The summed E-state index contributed by atoms with van der Waals surface area (Å²) in [5.41, 5.74) is 0.669. The van der Waals surface area contributed by atoms with E-state index in [1.807, 2.05) is 12.1 Å². The maximum atomic E-state index is 13.0. The first-order chi connectivity index (χ1) is 13.4. The minimum absolute atomic E-state index is 0.00302. The van der Waals surface area contributed by atoms with E-state index in [4.69, 9.17) is 0 Å². The Morgan fingerprint density at radius 2 is 1.93 bits per heavy atom. The number of fused-ring (bicyclic) bond motifs is 1. The molecule has 10 heteroatoms. The Morgan fingerprint density at radius 1 is 1.14 bits per heavy atom. The van der Waals surface area contributed by atoms with Gasteiger partial charge in [0.1, 0.15) is 12.1 Å². The number of amides is 1. The van der Waals surface area contributed by atoms with E-state index in [1.165, 1.54) is 6.33 Å². The molecule has 2 aromatic rings. The molecule has 2 fully saturated rings. The van der Waals surface area contributed by atoms with Crippen molar-refractivity contribution in [2.24, 2.45) is 11.8 Å². The van der Waals surface area contributed by atoms with Crippen LogP contribution in [0.3, 0.4) is 0 Å². The molecule has 1 aliphatic carbocycles. The fraction of sp³-hybridized carbons (Fsp3) is 0.667. The summed E-state index contributed by atoms with van der Waals surface area (Å²) in [6, 6.07) is 3.35. The minimum atomic E-state index is -4.17.